The van der Waals surface area contributed by atoms with Gasteiger partial charge in [0.25, 0.3) is 0 Å². The predicted molar refractivity (Wildman–Crippen MR) is 99.3 cm³/mol. The molecule has 10 heteroatoms. The van der Waals surface area contributed by atoms with Gasteiger partial charge in [0.2, 0.25) is 11.9 Å². The second-order valence-corrected chi connectivity index (χ2v) is 8.11. The Hall–Kier alpha value is -2.23. The lowest BCUT2D eigenvalue weighted by atomic mass is 9.68. The van der Waals surface area contributed by atoms with Crippen molar-refractivity contribution >= 4 is 23.2 Å². The fourth-order valence-electron chi connectivity index (χ4n) is 4.26. The van der Waals surface area contributed by atoms with E-state index in [0.717, 1.165) is 12.1 Å². The third-order valence-corrected chi connectivity index (χ3v) is 5.87. The Morgan fingerprint density at radius 2 is 2.10 bits per heavy atom. The molecule has 0 aliphatic carbocycles. The van der Waals surface area contributed by atoms with Crippen LogP contribution in [0.25, 0.3) is 0 Å². The summed E-state index contributed by atoms with van der Waals surface area (Å²) in [6.07, 6.45) is -4.88. The lowest BCUT2D eigenvalue weighted by Gasteiger charge is -2.35. The lowest BCUT2D eigenvalue weighted by molar-refractivity contribution is -0.137. The van der Waals surface area contributed by atoms with Gasteiger partial charge in [0, 0.05) is 23.3 Å². The van der Waals surface area contributed by atoms with Gasteiger partial charge in [0.1, 0.15) is 0 Å². The van der Waals surface area contributed by atoms with Gasteiger partial charge in [-0.15, -0.1) is 0 Å². The largest absolute Gasteiger partial charge is 0.416 e. The van der Waals surface area contributed by atoms with Crippen LogP contribution in [-0.4, -0.2) is 34.3 Å². The van der Waals surface area contributed by atoms with E-state index in [0.29, 0.717) is 5.56 Å². The number of rotatable bonds is 4. The van der Waals surface area contributed by atoms with Gasteiger partial charge < -0.3 is 15.2 Å². The van der Waals surface area contributed by atoms with Gasteiger partial charge in [0.05, 0.1) is 29.3 Å². The zero-order valence-corrected chi connectivity index (χ0v) is 16.2. The maximum absolute atomic E-state index is 13.6. The van der Waals surface area contributed by atoms with Crippen molar-refractivity contribution in [3.63, 3.8) is 0 Å². The zero-order chi connectivity index (χ0) is 21.7. The number of fused-ring (bicyclic) bond motifs is 2. The van der Waals surface area contributed by atoms with E-state index in [4.69, 9.17) is 16.3 Å². The van der Waals surface area contributed by atoms with Crippen molar-refractivity contribution in [2.24, 2.45) is 5.41 Å². The highest BCUT2D eigenvalue weighted by molar-refractivity contribution is 6.31. The number of nitrogens with one attached hydrogen (secondary N) is 1. The summed E-state index contributed by atoms with van der Waals surface area (Å²) in [6, 6.07) is 5.54. The first-order valence-corrected chi connectivity index (χ1v) is 9.58. The van der Waals surface area contributed by atoms with Crippen molar-refractivity contribution in [1.29, 1.82) is 0 Å². The first-order valence-electron chi connectivity index (χ1n) is 9.20. The Morgan fingerprint density at radius 3 is 2.70 bits per heavy atom. The first kappa shape index (κ1) is 21.0. The molecule has 2 N–H and O–H groups in total. The molecule has 2 aliphatic rings. The molecule has 4 rings (SSSR count). The van der Waals surface area contributed by atoms with Crippen LogP contribution in [0.4, 0.5) is 23.2 Å². The number of carbonyl (C=O) groups excluding carboxylic acids is 1. The highest BCUT2D eigenvalue weighted by atomic mass is 35.5. The van der Waals surface area contributed by atoms with Crippen LogP contribution in [0.3, 0.4) is 0 Å². The van der Waals surface area contributed by atoms with Crippen LogP contribution < -0.4 is 5.32 Å². The number of nitrogens with zero attached hydrogens (tertiary/aromatic N) is 1. The summed E-state index contributed by atoms with van der Waals surface area (Å²) in [5, 5.41) is 12.4. The molecule has 2 bridgehead atoms. The van der Waals surface area contributed by atoms with Gasteiger partial charge >= 0.3 is 6.18 Å². The molecular formula is C20H17ClF4N2O3. The second kappa shape index (κ2) is 7.47. The predicted octanol–water partition coefficient (Wildman–Crippen LogP) is 3.98. The number of benzene rings is 1. The highest BCUT2D eigenvalue weighted by Gasteiger charge is 2.60. The second-order valence-electron chi connectivity index (χ2n) is 7.67. The van der Waals surface area contributed by atoms with Gasteiger partial charge in [-0.05, 0) is 48.7 Å². The van der Waals surface area contributed by atoms with Gasteiger partial charge in [0.15, 0.2) is 0 Å². The number of ether oxygens (including phenoxy) is 1. The molecule has 30 heavy (non-hydrogen) atoms. The minimum absolute atomic E-state index is 0.0822. The third kappa shape index (κ3) is 3.89. The minimum atomic E-state index is -4.63. The molecule has 3 heterocycles. The van der Waals surface area contributed by atoms with Crippen molar-refractivity contribution in [2.75, 3.05) is 5.32 Å². The molecule has 1 amide bonds. The smallest absolute Gasteiger partial charge is 0.390 e. The maximum Gasteiger partial charge on any atom is 0.416 e. The summed E-state index contributed by atoms with van der Waals surface area (Å²) in [5.74, 6) is -1.29. The van der Waals surface area contributed by atoms with Crippen molar-refractivity contribution in [3.05, 3.63) is 58.6 Å². The van der Waals surface area contributed by atoms with Crippen LogP contribution in [0.15, 0.2) is 36.5 Å². The average Bonchev–Trinajstić information content (AvgIpc) is 3.18. The number of aliphatic hydroxyl groups is 1. The summed E-state index contributed by atoms with van der Waals surface area (Å²) >= 11 is 5.81. The molecule has 0 spiro atoms. The van der Waals surface area contributed by atoms with Crippen LogP contribution in [0.2, 0.25) is 5.02 Å². The van der Waals surface area contributed by atoms with E-state index in [1.54, 1.807) is 6.07 Å². The Labute approximate surface area is 174 Å². The topological polar surface area (TPSA) is 71.5 Å². The molecule has 2 fully saturated rings. The third-order valence-electron chi connectivity index (χ3n) is 5.65. The molecule has 1 aromatic carbocycles. The minimum Gasteiger partial charge on any atom is -0.390 e. The van der Waals surface area contributed by atoms with Gasteiger partial charge in [-0.1, -0.05) is 11.6 Å². The molecule has 0 radical (unpaired) electrons. The van der Waals surface area contributed by atoms with Crippen molar-refractivity contribution < 1.29 is 32.2 Å². The van der Waals surface area contributed by atoms with Crippen LogP contribution >= 0.6 is 11.6 Å². The Morgan fingerprint density at radius 1 is 1.33 bits per heavy atom. The van der Waals surface area contributed by atoms with E-state index < -0.39 is 47.3 Å². The number of hydrogen-bond acceptors (Lipinski definition) is 4. The molecule has 4 atom stereocenters. The van der Waals surface area contributed by atoms with Crippen LogP contribution in [0.1, 0.15) is 24.0 Å². The van der Waals surface area contributed by atoms with E-state index in [9.17, 15) is 27.5 Å². The molecule has 0 saturated carbocycles. The molecular weight excluding hydrogens is 428 g/mol. The Balaban J connectivity index is 1.65. The van der Waals surface area contributed by atoms with Gasteiger partial charge in [-0.3, -0.25) is 4.79 Å². The summed E-state index contributed by atoms with van der Waals surface area (Å²) in [4.78, 5) is 16.8. The highest BCUT2D eigenvalue weighted by Crippen LogP contribution is 2.50. The average molecular weight is 445 g/mol. The van der Waals surface area contributed by atoms with E-state index in [-0.39, 0.29) is 30.0 Å². The maximum atomic E-state index is 13.6. The van der Waals surface area contributed by atoms with Crippen molar-refractivity contribution in [3.8, 4) is 0 Å². The molecule has 0 unspecified atom stereocenters. The number of amides is 1. The number of aromatic nitrogens is 1. The number of aliphatic hydroxyl groups excluding tert-OH is 1. The van der Waals surface area contributed by atoms with E-state index in [1.807, 2.05) is 0 Å². The Bertz CT molecular complexity index is 985. The molecule has 5 nitrogen and oxygen atoms in total. The van der Waals surface area contributed by atoms with E-state index in [1.165, 1.54) is 18.3 Å². The summed E-state index contributed by atoms with van der Waals surface area (Å²) in [5.41, 5.74) is -1.79. The summed E-state index contributed by atoms with van der Waals surface area (Å²) in [7, 11) is 0. The standard InChI is InChI=1S/C20H17ClF4N2O3/c21-12-4-11(20(23,24)25)5-13(6-12)27-18(29)19(8-10-1-2-26-17(22)3-10)9-15-14(28)7-16(19)30-15/h1-6,14-16,28H,7-9H2,(H,27,29)/t14-,15+,16+,19-/m0/s1. The van der Waals surface area contributed by atoms with E-state index >= 15 is 0 Å². The van der Waals surface area contributed by atoms with Crippen molar-refractivity contribution in [2.45, 2.75) is 43.8 Å². The molecule has 2 aromatic rings. The van der Waals surface area contributed by atoms with Crippen LogP contribution in [0, 0.1) is 11.4 Å². The molecule has 160 valence electrons. The molecule has 2 aliphatic heterocycles. The monoisotopic (exact) mass is 444 g/mol. The summed E-state index contributed by atoms with van der Waals surface area (Å²) < 4.78 is 58.6. The number of halogens is 5. The van der Waals surface area contributed by atoms with Crippen molar-refractivity contribution in [1.82, 2.24) is 4.98 Å². The number of hydrogen-bond donors (Lipinski definition) is 2. The normalized spacial score (nSPS) is 28.0. The first-order chi connectivity index (χ1) is 14.1. The van der Waals surface area contributed by atoms with Crippen LogP contribution in [0.5, 0.6) is 0 Å². The zero-order valence-electron chi connectivity index (χ0n) is 15.4. The number of pyridine rings is 1. The Kier molecular flexibility index (Phi) is 5.24. The summed E-state index contributed by atoms with van der Waals surface area (Å²) in [6.45, 7) is 0. The molecule has 1 aromatic heterocycles. The lowest BCUT2D eigenvalue weighted by Crippen LogP contribution is -2.48. The van der Waals surface area contributed by atoms with Gasteiger partial charge in [-0.25, -0.2) is 4.98 Å². The number of carbonyl (C=O) groups is 1. The van der Waals surface area contributed by atoms with Gasteiger partial charge in [-0.2, -0.15) is 17.6 Å². The number of alkyl halides is 3. The SMILES string of the molecule is O=C(Nc1cc(Cl)cc(C(F)(F)F)c1)[C@@]1(Cc2ccnc(F)c2)C[C@H]2O[C@@H]1C[C@@H]2O. The molecule has 2 saturated heterocycles. The fraction of sp³-hybridized carbons (Fsp3) is 0.400. The van der Waals surface area contributed by atoms with Crippen LogP contribution in [-0.2, 0) is 22.1 Å². The number of anilines is 1. The quantitative estimate of drug-likeness (QED) is 0.552. The fourth-order valence-corrected chi connectivity index (χ4v) is 4.50. The van der Waals surface area contributed by atoms with E-state index in [2.05, 4.69) is 10.3 Å².